The van der Waals surface area contributed by atoms with Gasteiger partial charge in [-0.1, -0.05) is 168 Å². The summed E-state index contributed by atoms with van der Waals surface area (Å²) in [5, 5.41) is 0. The van der Waals surface area contributed by atoms with E-state index in [0.29, 0.717) is 38.3 Å². The van der Waals surface area contributed by atoms with Crippen LogP contribution >= 0.6 is 0 Å². The van der Waals surface area contributed by atoms with Gasteiger partial charge in [-0.25, -0.2) is 0 Å². The number of carbonyl (C=O) groups is 2. The largest absolute Gasteiger partial charge is 0.465 e. The first-order valence-corrected chi connectivity index (χ1v) is 22.4. The summed E-state index contributed by atoms with van der Waals surface area (Å²) >= 11 is 0. The van der Waals surface area contributed by atoms with Crippen molar-refractivity contribution in [3.05, 3.63) is 0 Å². The van der Waals surface area contributed by atoms with Crippen molar-refractivity contribution < 1.29 is 33.3 Å². The minimum atomic E-state index is -0.478. The third-order valence-electron chi connectivity index (χ3n) is 12.1. The molecule has 296 valence electrons. The highest BCUT2D eigenvalue weighted by molar-refractivity contribution is 5.82. The van der Waals surface area contributed by atoms with Crippen molar-refractivity contribution in [2.24, 2.45) is 11.8 Å². The summed E-state index contributed by atoms with van der Waals surface area (Å²) in [5.74, 6) is -1.52. The lowest BCUT2D eigenvalue weighted by Gasteiger charge is -2.26. The van der Waals surface area contributed by atoms with Crippen LogP contribution in [0.3, 0.4) is 0 Å². The molecule has 0 aromatic carbocycles. The van der Waals surface area contributed by atoms with E-state index >= 15 is 0 Å². The van der Waals surface area contributed by atoms with E-state index in [4.69, 9.17) is 23.7 Å². The number of unbranched alkanes of at least 4 members (excludes halogenated alkanes) is 22. The Labute approximate surface area is 312 Å². The summed E-state index contributed by atoms with van der Waals surface area (Å²) in [6, 6.07) is 0. The highest BCUT2D eigenvalue weighted by atomic mass is 16.6. The monoisotopic (exact) mass is 719 g/mol. The summed E-state index contributed by atoms with van der Waals surface area (Å²) in [7, 11) is 0. The molecule has 3 heterocycles. The van der Waals surface area contributed by atoms with Gasteiger partial charge in [0.05, 0.1) is 61.7 Å². The van der Waals surface area contributed by atoms with Gasteiger partial charge in [0.15, 0.2) is 0 Å². The van der Waals surface area contributed by atoms with Crippen molar-refractivity contribution in [3.8, 4) is 0 Å². The van der Waals surface area contributed by atoms with E-state index in [-0.39, 0.29) is 36.4 Å². The maximum atomic E-state index is 13.1. The number of rotatable bonds is 34. The van der Waals surface area contributed by atoms with Crippen LogP contribution in [0.4, 0.5) is 0 Å². The zero-order valence-electron chi connectivity index (χ0n) is 33.1. The van der Waals surface area contributed by atoms with Crippen molar-refractivity contribution in [3.63, 3.8) is 0 Å². The zero-order chi connectivity index (χ0) is 35.9. The SMILES string of the molecule is CCCCCCCCCCCCCCC1OC1CCOC(=O)C1CC2OC2CC1C(=O)OCCC1OC1CCCCCCCCCCCCCC. The molecule has 3 aliphatic heterocycles. The van der Waals surface area contributed by atoms with E-state index in [1.165, 1.54) is 154 Å². The second-order valence-electron chi connectivity index (χ2n) is 16.6. The highest BCUT2D eigenvalue weighted by Crippen LogP contribution is 2.44. The molecule has 0 aromatic rings. The van der Waals surface area contributed by atoms with E-state index in [2.05, 4.69) is 13.8 Å². The van der Waals surface area contributed by atoms with Gasteiger partial charge in [0.2, 0.25) is 0 Å². The van der Waals surface area contributed by atoms with Crippen LogP contribution in [0.15, 0.2) is 0 Å². The van der Waals surface area contributed by atoms with Gasteiger partial charge in [0, 0.05) is 12.8 Å². The molecule has 8 unspecified atom stereocenters. The Bertz CT molecular complexity index is 853. The van der Waals surface area contributed by atoms with Gasteiger partial charge in [-0.15, -0.1) is 0 Å². The molecule has 51 heavy (non-hydrogen) atoms. The number of fused-ring (bicyclic) bond motifs is 1. The third kappa shape index (κ3) is 18.1. The number of hydrogen-bond donors (Lipinski definition) is 0. The molecule has 0 N–H and O–H groups in total. The minimum Gasteiger partial charge on any atom is -0.465 e. The number of hydrogen-bond acceptors (Lipinski definition) is 7. The van der Waals surface area contributed by atoms with Gasteiger partial charge in [0.25, 0.3) is 0 Å². The first-order chi connectivity index (χ1) is 25.1. The second-order valence-corrected chi connectivity index (χ2v) is 16.6. The molecule has 0 spiro atoms. The zero-order valence-corrected chi connectivity index (χ0v) is 33.1. The molecular formula is C44H78O7. The standard InChI is InChI=1S/C44H78O7/c1-3-5-7-9-11-13-15-17-19-21-23-25-27-37-39(49-37)29-31-47-43(45)35-33-41-42(51-41)34-36(35)44(46)48-32-30-40-38(50-40)28-26-24-22-20-18-16-14-12-10-8-6-4-2/h35-42H,3-34H2,1-2H3. The van der Waals surface area contributed by atoms with Crippen LogP contribution in [0.2, 0.25) is 0 Å². The van der Waals surface area contributed by atoms with E-state index in [0.717, 1.165) is 25.7 Å². The van der Waals surface area contributed by atoms with Crippen LogP contribution in [0.5, 0.6) is 0 Å². The Morgan fingerprint density at radius 1 is 0.412 bits per heavy atom. The van der Waals surface area contributed by atoms with Crippen molar-refractivity contribution >= 4 is 11.9 Å². The van der Waals surface area contributed by atoms with Crippen LogP contribution in [0.1, 0.15) is 206 Å². The first kappa shape index (κ1) is 42.6. The Hall–Kier alpha value is -1.18. The number of ether oxygens (including phenoxy) is 5. The van der Waals surface area contributed by atoms with Crippen LogP contribution in [0.25, 0.3) is 0 Å². The van der Waals surface area contributed by atoms with Crippen molar-refractivity contribution in [2.45, 2.75) is 243 Å². The van der Waals surface area contributed by atoms with Crippen LogP contribution < -0.4 is 0 Å². The maximum absolute atomic E-state index is 13.1. The molecule has 7 nitrogen and oxygen atoms in total. The lowest BCUT2D eigenvalue weighted by Crippen LogP contribution is -2.38. The smallest absolute Gasteiger partial charge is 0.309 e. The third-order valence-corrected chi connectivity index (χ3v) is 12.1. The van der Waals surface area contributed by atoms with Crippen LogP contribution in [-0.4, -0.2) is 61.8 Å². The fourth-order valence-corrected chi connectivity index (χ4v) is 8.46. The average Bonchev–Trinajstić information content (AvgIpc) is 4.05. The minimum absolute atomic E-state index is 0.0826. The molecule has 0 bridgehead atoms. The summed E-state index contributed by atoms with van der Waals surface area (Å²) in [5.41, 5.74) is 0. The maximum Gasteiger partial charge on any atom is 0.309 e. The van der Waals surface area contributed by atoms with E-state index in [1.807, 2.05) is 0 Å². The van der Waals surface area contributed by atoms with Gasteiger partial charge in [-0.2, -0.15) is 0 Å². The summed E-state index contributed by atoms with van der Waals surface area (Å²) < 4.78 is 28.9. The molecular weight excluding hydrogens is 640 g/mol. The van der Waals surface area contributed by atoms with Crippen LogP contribution in [-0.2, 0) is 33.3 Å². The normalized spacial score (nSPS) is 27.6. The Morgan fingerprint density at radius 2 is 0.706 bits per heavy atom. The predicted molar refractivity (Wildman–Crippen MR) is 205 cm³/mol. The van der Waals surface area contributed by atoms with Gasteiger partial charge in [-0.3, -0.25) is 9.59 Å². The van der Waals surface area contributed by atoms with E-state index in [1.54, 1.807) is 0 Å². The van der Waals surface area contributed by atoms with Crippen molar-refractivity contribution in [2.75, 3.05) is 13.2 Å². The molecule has 0 aromatic heterocycles. The summed E-state index contributed by atoms with van der Waals surface area (Å²) in [6.45, 7) is 5.26. The number of epoxide rings is 3. The fraction of sp³-hybridized carbons (Fsp3) is 0.955. The Kier molecular flexibility index (Phi) is 21.5. The summed E-state index contributed by atoms with van der Waals surface area (Å²) in [6.07, 6.45) is 38.7. The molecule has 3 saturated heterocycles. The van der Waals surface area contributed by atoms with Gasteiger partial charge in [-0.05, 0) is 25.7 Å². The molecule has 1 saturated carbocycles. The Morgan fingerprint density at radius 3 is 1.04 bits per heavy atom. The number of carbonyl (C=O) groups excluding carboxylic acids is 2. The second kappa shape index (κ2) is 25.8. The van der Waals surface area contributed by atoms with Crippen molar-refractivity contribution in [1.82, 2.24) is 0 Å². The fourth-order valence-electron chi connectivity index (χ4n) is 8.46. The average molecular weight is 719 g/mol. The van der Waals surface area contributed by atoms with E-state index in [9.17, 15) is 9.59 Å². The van der Waals surface area contributed by atoms with Gasteiger partial charge in [0.1, 0.15) is 0 Å². The number of esters is 2. The van der Waals surface area contributed by atoms with Crippen molar-refractivity contribution in [1.29, 1.82) is 0 Å². The molecule has 1 aliphatic carbocycles. The molecule has 4 aliphatic rings. The topological polar surface area (TPSA) is 90.2 Å². The summed E-state index contributed by atoms with van der Waals surface area (Å²) in [4.78, 5) is 26.2. The van der Waals surface area contributed by atoms with Crippen LogP contribution in [0, 0.1) is 11.8 Å². The lowest BCUT2D eigenvalue weighted by molar-refractivity contribution is -0.162. The molecule has 4 fully saturated rings. The van der Waals surface area contributed by atoms with Gasteiger partial charge >= 0.3 is 11.9 Å². The first-order valence-electron chi connectivity index (χ1n) is 22.4. The highest BCUT2D eigenvalue weighted by Gasteiger charge is 2.54. The molecule has 4 rings (SSSR count). The molecule has 7 heteroatoms. The van der Waals surface area contributed by atoms with Gasteiger partial charge < -0.3 is 23.7 Å². The molecule has 0 amide bonds. The van der Waals surface area contributed by atoms with E-state index < -0.39 is 11.8 Å². The lowest BCUT2D eigenvalue weighted by atomic mass is 9.79. The quantitative estimate of drug-likeness (QED) is 0.0371. The predicted octanol–water partition coefficient (Wildman–Crippen LogP) is 11.4. The molecule has 8 atom stereocenters. The molecule has 0 radical (unpaired) electrons. The Balaban J connectivity index is 0.952.